The molecule has 0 radical (unpaired) electrons. The summed E-state index contributed by atoms with van der Waals surface area (Å²) in [5.74, 6) is 4.73. The second-order valence-electron chi connectivity index (χ2n) is 2.70. The monoisotopic (exact) mass is 187 g/mol. The molecule has 0 heterocycles. The first-order valence-electron chi connectivity index (χ1n) is 4.38. The van der Waals surface area contributed by atoms with Crippen molar-refractivity contribution in [1.82, 2.24) is 0 Å². The van der Waals surface area contributed by atoms with Crippen molar-refractivity contribution in [1.29, 1.82) is 0 Å². The van der Waals surface area contributed by atoms with Gasteiger partial charge in [-0.25, -0.2) is 5.90 Å². The van der Waals surface area contributed by atoms with E-state index in [4.69, 9.17) is 10.6 Å². The molecule has 76 valence electrons. The van der Waals surface area contributed by atoms with Crippen molar-refractivity contribution in [3.63, 3.8) is 0 Å². The summed E-state index contributed by atoms with van der Waals surface area (Å²) in [6.07, 6.45) is 4.58. The Morgan fingerprint density at radius 2 is 2.31 bits per heavy atom. The van der Waals surface area contributed by atoms with E-state index in [1.54, 1.807) is 19.1 Å². The van der Waals surface area contributed by atoms with Crippen LogP contribution in [0.4, 0.5) is 0 Å². The van der Waals surface area contributed by atoms with Crippen LogP contribution in [-0.2, 0) is 14.4 Å². The zero-order chi connectivity index (χ0) is 10.1. The SMILES string of the molecule is CCCC(=O)OC/C=C/C(C)ON. The predicted molar refractivity (Wildman–Crippen MR) is 49.7 cm³/mol. The van der Waals surface area contributed by atoms with Gasteiger partial charge in [-0.2, -0.15) is 0 Å². The predicted octanol–water partition coefficient (Wildman–Crippen LogP) is 1.16. The molecule has 4 heteroatoms. The summed E-state index contributed by atoms with van der Waals surface area (Å²) < 4.78 is 4.86. The van der Waals surface area contributed by atoms with Crippen molar-refractivity contribution in [2.75, 3.05) is 6.61 Å². The van der Waals surface area contributed by atoms with E-state index in [2.05, 4.69) is 4.84 Å². The second-order valence-corrected chi connectivity index (χ2v) is 2.70. The third-order valence-corrected chi connectivity index (χ3v) is 1.42. The number of carbonyl (C=O) groups is 1. The fourth-order valence-electron chi connectivity index (χ4n) is 0.710. The van der Waals surface area contributed by atoms with Crippen molar-refractivity contribution in [2.45, 2.75) is 32.8 Å². The van der Waals surface area contributed by atoms with E-state index in [1.807, 2.05) is 6.92 Å². The van der Waals surface area contributed by atoms with Gasteiger partial charge in [0.25, 0.3) is 0 Å². The molecular formula is C9H17NO3. The van der Waals surface area contributed by atoms with Crippen molar-refractivity contribution >= 4 is 5.97 Å². The van der Waals surface area contributed by atoms with Gasteiger partial charge in [-0.15, -0.1) is 0 Å². The van der Waals surface area contributed by atoms with Gasteiger partial charge >= 0.3 is 5.97 Å². The fourth-order valence-corrected chi connectivity index (χ4v) is 0.710. The molecule has 4 nitrogen and oxygen atoms in total. The number of nitrogens with two attached hydrogens (primary N) is 1. The summed E-state index contributed by atoms with van der Waals surface area (Å²) in [6.45, 7) is 4.01. The standard InChI is InChI=1S/C9H17NO3/c1-3-5-9(11)12-7-4-6-8(2)13-10/h4,6,8H,3,5,7,10H2,1-2H3/b6-4+. The largest absolute Gasteiger partial charge is 0.461 e. The van der Waals surface area contributed by atoms with Gasteiger partial charge in [0.2, 0.25) is 0 Å². The third-order valence-electron chi connectivity index (χ3n) is 1.42. The van der Waals surface area contributed by atoms with Crippen LogP contribution < -0.4 is 5.90 Å². The molecule has 0 aromatic heterocycles. The Kier molecular flexibility index (Phi) is 7.24. The molecule has 1 atom stereocenters. The number of rotatable bonds is 6. The van der Waals surface area contributed by atoms with Crippen LogP contribution in [0.15, 0.2) is 12.2 Å². The van der Waals surface area contributed by atoms with Crippen LogP contribution >= 0.6 is 0 Å². The topological polar surface area (TPSA) is 61.5 Å². The molecule has 0 aliphatic rings. The third kappa shape index (κ3) is 7.49. The summed E-state index contributed by atoms with van der Waals surface area (Å²) in [5.41, 5.74) is 0. The van der Waals surface area contributed by atoms with Crippen LogP contribution in [-0.4, -0.2) is 18.7 Å². The molecule has 13 heavy (non-hydrogen) atoms. The van der Waals surface area contributed by atoms with E-state index in [0.29, 0.717) is 6.42 Å². The van der Waals surface area contributed by atoms with Gasteiger partial charge < -0.3 is 4.74 Å². The maximum Gasteiger partial charge on any atom is 0.306 e. The van der Waals surface area contributed by atoms with Crippen LogP contribution in [0.1, 0.15) is 26.7 Å². The highest BCUT2D eigenvalue weighted by Gasteiger charge is 1.97. The highest BCUT2D eigenvalue weighted by Crippen LogP contribution is 1.92. The van der Waals surface area contributed by atoms with Crippen molar-refractivity contribution in [3.8, 4) is 0 Å². The summed E-state index contributed by atoms with van der Waals surface area (Å²) in [6, 6.07) is 0. The van der Waals surface area contributed by atoms with Gasteiger partial charge in [-0.1, -0.05) is 13.0 Å². The van der Waals surface area contributed by atoms with Gasteiger partial charge in [-0.3, -0.25) is 9.63 Å². The van der Waals surface area contributed by atoms with Crippen molar-refractivity contribution in [2.24, 2.45) is 5.90 Å². The van der Waals surface area contributed by atoms with Crippen LogP contribution in [0, 0.1) is 0 Å². The number of ether oxygens (including phenoxy) is 1. The zero-order valence-corrected chi connectivity index (χ0v) is 8.16. The van der Waals surface area contributed by atoms with E-state index in [-0.39, 0.29) is 18.7 Å². The Morgan fingerprint density at radius 1 is 1.62 bits per heavy atom. The minimum absolute atomic E-state index is 0.148. The first-order chi connectivity index (χ1) is 6.20. The van der Waals surface area contributed by atoms with E-state index in [1.165, 1.54) is 0 Å². The molecule has 0 saturated heterocycles. The lowest BCUT2D eigenvalue weighted by Gasteiger charge is -2.01. The van der Waals surface area contributed by atoms with Gasteiger partial charge in [0.05, 0.1) is 6.10 Å². The minimum Gasteiger partial charge on any atom is -0.461 e. The Balaban J connectivity index is 3.43. The quantitative estimate of drug-likeness (QED) is 0.385. The minimum atomic E-state index is -0.173. The zero-order valence-electron chi connectivity index (χ0n) is 8.16. The summed E-state index contributed by atoms with van der Waals surface area (Å²) in [4.78, 5) is 15.3. The lowest BCUT2D eigenvalue weighted by molar-refractivity contribution is -0.142. The average molecular weight is 187 g/mol. The van der Waals surface area contributed by atoms with Crippen molar-refractivity contribution < 1.29 is 14.4 Å². The van der Waals surface area contributed by atoms with E-state index in [9.17, 15) is 4.79 Å². The van der Waals surface area contributed by atoms with Crippen LogP contribution in [0.2, 0.25) is 0 Å². The molecule has 0 fully saturated rings. The number of carbonyl (C=O) groups excluding carboxylic acids is 1. The smallest absolute Gasteiger partial charge is 0.306 e. The second kappa shape index (κ2) is 7.76. The van der Waals surface area contributed by atoms with Gasteiger partial charge in [0.1, 0.15) is 6.61 Å². The Labute approximate surface area is 78.7 Å². The number of hydrogen-bond acceptors (Lipinski definition) is 4. The molecule has 0 bridgehead atoms. The Bertz CT molecular complexity index is 168. The summed E-state index contributed by atoms with van der Waals surface area (Å²) in [5, 5.41) is 0. The molecule has 0 aliphatic carbocycles. The van der Waals surface area contributed by atoms with E-state index in [0.717, 1.165) is 6.42 Å². The highest BCUT2D eigenvalue weighted by molar-refractivity contribution is 5.69. The molecule has 1 unspecified atom stereocenters. The first kappa shape index (κ1) is 12.1. The maximum absolute atomic E-state index is 10.8. The van der Waals surface area contributed by atoms with E-state index < -0.39 is 0 Å². The molecule has 0 amide bonds. The first-order valence-corrected chi connectivity index (χ1v) is 4.38. The molecule has 0 aromatic rings. The lowest BCUT2D eigenvalue weighted by atomic mass is 10.3. The molecule has 0 saturated carbocycles. The van der Waals surface area contributed by atoms with Crippen LogP contribution in [0.25, 0.3) is 0 Å². The molecule has 0 aliphatic heterocycles. The maximum atomic E-state index is 10.8. The highest BCUT2D eigenvalue weighted by atomic mass is 16.6. The van der Waals surface area contributed by atoms with Crippen LogP contribution in [0.3, 0.4) is 0 Å². The molecular weight excluding hydrogens is 170 g/mol. The van der Waals surface area contributed by atoms with Gasteiger partial charge in [-0.05, 0) is 19.4 Å². The molecule has 0 spiro atoms. The van der Waals surface area contributed by atoms with Crippen molar-refractivity contribution in [3.05, 3.63) is 12.2 Å². The fraction of sp³-hybridized carbons (Fsp3) is 0.667. The Hall–Kier alpha value is -0.870. The Morgan fingerprint density at radius 3 is 2.85 bits per heavy atom. The normalized spacial score (nSPS) is 13.2. The van der Waals surface area contributed by atoms with E-state index >= 15 is 0 Å². The number of esters is 1. The lowest BCUT2D eigenvalue weighted by Crippen LogP contribution is -2.10. The van der Waals surface area contributed by atoms with Crippen LogP contribution in [0.5, 0.6) is 0 Å². The molecule has 2 N–H and O–H groups in total. The summed E-state index contributed by atoms with van der Waals surface area (Å²) in [7, 11) is 0. The molecule has 0 aromatic carbocycles. The van der Waals surface area contributed by atoms with Gasteiger partial charge in [0, 0.05) is 6.42 Å². The average Bonchev–Trinajstić information content (AvgIpc) is 2.12. The summed E-state index contributed by atoms with van der Waals surface area (Å²) >= 11 is 0. The van der Waals surface area contributed by atoms with Gasteiger partial charge in [0.15, 0.2) is 0 Å². The number of hydrogen-bond donors (Lipinski definition) is 1. The molecule has 0 rings (SSSR count).